The van der Waals surface area contributed by atoms with Crippen molar-refractivity contribution in [3.05, 3.63) is 101 Å². The first-order valence-corrected chi connectivity index (χ1v) is 14.1. The van der Waals surface area contributed by atoms with Gasteiger partial charge >= 0.3 is 5.97 Å². The van der Waals surface area contributed by atoms with E-state index in [-0.39, 0.29) is 0 Å². The molecular weight excluding hydrogens is 582 g/mol. The minimum Gasteiger partial charge on any atom is -0.464 e. The quantitative estimate of drug-likeness (QED) is 0.200. The molecule has 0 radical (unpaired) electrons. The number of halogens is 1. The number of aromatic amines is 2. The Morgan fingerprint density at radius 2 is 1.85 bits per heavy atom. The van der Waals surface area contributed by atoms with Crippen LogP contribution < -0.4 is 4.74 Å². The normalized spacial score (nSPS) is 14.4. The number of hydrogen-bond acceptors (Lipinski definition) is 5. The van der Waals surface area contributed by atoms with E-state index in [2.05, 4.69) is 32.0 Å². The van der Waals surface area contributed by atoms with Gasteiger partial charge in [-0.3, -0.25) is 0 Å². The summed E-state index contributed by atoms with van der Waals surface area (Å²) in [5, 5.41) is 5.01. The maximum Gasteiger partial charge on any atom is 0.340 e. The molecule has 0 unspecified atom stereocenters. The SMILES string of the molecule is CC(C)(C)OC(=O)c1cc[nH]c1-c1nc2ccc(-c3cc4n(n3)[C@H](c3ccccc3)Oc3cc(Br)ccc3-4)cc2[nH]1. The van der Waals surface area contributed by atoms with Crippen LogP contribution in [-0.2, 0) is 4.74 Å². The lowest BCUT2D eigenvalue weighted by atomic mass is 10.1. The van der Waals surface area contributed by atoms with Crippen LogP contribution in [0.15, 0.2) is 89.5 Å². The van der Waals surface area contributed by atoms with E-state index in [1.165, 1.54) is 0 Å². The molecule has 0 aliphatic carbocycles. The van der Waals surface area contributed by atoms with E-state index in [1.807, 2.05) is 92.2 Å². The summed E-state index contributed by atoms with van der Waals surface area (Å²) in [6.07, 6.45) is 1.31. The topological polar surface area (TPSA) is 97.8 Å². The van der Waals surface area contributed by atoms with Crippen LogP contribution in [0.1, 0.15) is 42.9 Å². The zero-order valence-corrected chi connectivity index (χ0v) is 24.2. The van der Waals surface area contributed by atoms with Crippen molar-refractivity contribution in [2.24, 2.45) is 0 Å². The van der Waals surface area contributed by atoms with Crippen LogP contribution in [0.4, 0.5) is 0 Å². The maximum atomic E-state index is 12.8. The van der Waals surface area contributed by atoms with Gasteiger partial charge in [0.2, 0.25) is 6.23 Å². The van der Waals surface area contributed by atoms with Gasteiger partial charge in [-0.15, -0.1) is 0 Å². The molecular formula is C32H26BrN5O3. The van der Waals surface area contributed by atoms with Crippen molar-refractivity contribution < 1.29 is 14.3 Å². The lowest BCUT2D eigenvalue weighted by Crippen LogP contribution is -2.24. The van der Waals surface area contributed by atoms with Gasteiger partial charge in [0.05, 0.1) is 33.7 Å². The monoisotopic (exact) mass is 607 g/mol. The summed E-state index contributed by atoms with van der Waals surface area (Å²) in [6.45, 7) is 5.54. The molecule has 8 nitrogen and oxygen atoms in total. The van der Waals surface area contributed by atoms with Crippen molar-refractivity contribution in [3.8, 4) is 39.8 Å². The number of fused-ring (bicyclic) bond motifs is 4. The van der Waals surface area contributed by atoms with Crippen LogP contribution in [0.2, 0.25) is 0 Å². The van der Waals surface area contributed by atoms with Crippen molar-refractivity contribution in [2.45, 2.75) is 32.6 Å². The Balaban J connectivity index is 1.28. The Kier molecular flexibility index (Phi) is 5.86. The van der Waals surface area contributed by atoms with Crippen LogP contribution in [0.5, 0.6) is 5.75 Å². The van der Waals surface area contributed by atoms with E-state index >= 15 is 0 Å². The van der Waals surface area contributed by atoms with E-state index in [9.17, 15) is 4.79 Å². The fraction of sp³-hybridized carbons (Fsp3) is 0.156. The highest BCUT2D eigenvalue weighted by atomic mass is 79.9. The molecule has 2 N–H and O–H groups in total. The van der Waals surface area contributed by atoms with Gasteiger partial charge in [0.15, 0.2) is 5.82 Å². The van der Waals surface area contributed by atoms with Gasteiger partial charge in [0.25, 0.3) is 0 Å². The number of ether oxygens (including phenoxy) is 2. The highest BCUT2D eigenvalue weighted by molar-refractivity contribution is 9.10. The lowest BCUT2D eigenvalue weighted by molar-refractivity contribution is 0.00706. The molecule has 3 aromatic carbocycles. The molecule has 1 aliphatic rings. The number of nitrogens with zero attached hydrogens (tertiary/aromatic N) is 3. The second-order valence-corrected chi connectivity index (χ2v) is 11.9. The highest BCUT2D eigenvalue weighted by Crippen LogP contribution is 2.43. The van der Waals surface area contributed by atoms with Crippen LogP contribution in [-0.4, -0.2) is 36.3 Å². The number of aromatic nitrogens is 5. The third-order valence-corrected chi connectivity index (χ3v) is 7.37. The predicted octanol–water partition coefficient (Wildman–Crippen LogP) is 7.75. The number of benzene rings is 3. The largest absolute Gasteiger partial charge is 0.464 e. The third-order valence-electron chi connectivity index (χ3n) is 6.88. The molecule has 41 heavy (non-hydrogen) atoms. The fourth-order valence-corrected chi connectivity index (χ4v) is 5.41. The predicted molar refractivity (Wildman–Crippen MR) is 161 cm³/mol. The maximum absolute atomic E-state index is 12.8. The summed E-state index contributed by atoms with van der Waals surface area (Å²) in [5.41, 5.74) is 6.72. The minimum absolute atomic E-state index is 0.400. The molecule has 9 heteroatoms. The van der Waals surface area contributed by atoms with Crippen LogP contribution in [0, 0.1) is 0 Å². The molecule has 0 amide bonds. The molecule has 7 rings (SSSR count). The molecule has 4 heterocycles. The lowest BCUT2D eigenvalue weighted by Gasteiger charge is -2.28. The summed E-state index contributed by atoms with van der Waals surface area (Å²) in [6, 6.07) is 25.9. The second kappa shape index (κ2) is 9.49. The van der Waals surface area contributed by atoms with Crippen molar-refractivity contribution in [1.29, 1.82) is 0 Å². The van der Waals surface area contributed by atoms with Crippen molar-refractivity contribution in [1.82, 2.24) is 24.7 Å². The van der Waals surface area contributed by atoms with Crippen LogP contribution >= 0.6 is 15.9 Å². The average molecular weight is 608 g/mol. The fourth-order valence-electron chi connectivity index (χ4n) is 5.07. The standard InChI is InChI=1S/C32H26BrN5O3/c1-32(2,3)41-31(39)22-13-14-34-28(22)29-35-23-12-9-19(15-25(23)36-29)24-17-26-21-11-10-20(33)16-27(21)40-30(38(26)37-24)18-7-5-4-6-8-18/h4-17,30,34H,1-3H3,(H,35,36)/t30-/m0/s1. The molecule has 0 saturated heterocycles. The molecule has 1 atom stereocenters. The van der Waals surface area contributed by atoms with E-state index in [4.69, 9.17) is 19.6 Å². The minimum atomic E-state index is -0.598. The van der Waals surface area contributed by atoms with E-state index in [0.29, 0.717) is 17.1 Å². The smallest absolute Gasteiger partial charge is 0.340 e. The summed E-state index contributed by atoms with van der Waals surface area (Å²) in [5.74, 6) is 0.956. The molecule has 3 aromatic heterocycles. The molecule has 0 bridgehead atoms. The Hall–Kier alpha value is -4.63. The highest BCUT2D eigenvalue weighted by Gasteiger charge is 2.29. The third kappa shape index (κ3) is 4.62. The molecule has 0 saturated carbocycles. The van der Waals surface area contributed by atoms with Gasteiger partial charge in [0, 0.05) is 27.4 Å². The number of nitrogens with one attached hydrogen (secondary N) is 2. The number of hydrogen-bond donors (Lipinski definition) is 2. The summed E-state index contributed by atoms with van der Waals surface area (Å²) in [4.78, 5) is 24.0. The first-order chi connectivity index (χ1) is 19.7. The zero-order valence-electron chi connectivity index (χ0n) is 22.6. The summed E-state index contributed by atoms with van der Waals surface area (Å²) in [7, 11) is 0. The molecule has 1 aliphatic heterocycles. The first-order valence-electron chi connectivity index (χ1n) is 13.3. The van der Waals surface area contributed by atoms with E-state index in [0.717, 1.165) is 49.3 Å². The zero-order chi connectivity index (χ0) is 28.3. The van der Waals surface area contributed by atoms with Gasteiger partial charge in [-0.25, -0.2) is 14.5 Å². The van der Waals surface area contributed by atoms with Gasteiger partial charge in [0.1, 0.15) is 11.4 Å². The van der Waals surface area contributed by atoms with Crippen molar-refractivity contribution in [2.75, 3.05) is 0 Å². The number of carbonyl (C=O) groups is 1. The van der Waals surface area contributed by atoms with Crippen molar-refractivity contribution in [3.63, 3.8) is 0 Å². The second-order valence-electron chi connectivity index (χ2n) is 11.0. The van der Waals surface area contributed by atoms with Crippen molar-refractivity contribution >= 4 is 32.9 Å². The Bertz CT molecular complexity index is 1930. The Morgan fingerprint density at radius 1 is 1.02 bits per heavy atom. The number of carbonyl (C=O) groups excluding carboxylic acids is 1. The number of esters is 1. The van der Waals surface area contributed by atoms with Crippen LogP contribution in [0.3, 0.4) is 0 Å². The first kappa shape index (κ1) is 25.3. The van der Waals surface area contributed by atoms with Crippen LogP contribution in [0.25, 0.3) is 45.1 Å². The van der Waals surface area contributed by atoms with Gasteiger partial charge in [-0.05, 0) is 63.2 Å². The summed E-state index contributed by atoms with van der Waals surface area (Å²) >= 11 is 3.57. The summed E-state index contributed by atoms with van der Waals surface area (Å²) < 4.78 is 14.9. The molecule has 0 spiro atoms. The van der Waals surface area contributed by atoms with E-state index < -0.39 is 17.8 Å². The van der Waals surface area contributed by atoms with Gasteiger partial charge in [-0.1, -0.05) is 52.3 Å². The molecule has 6 aromatic rings. The van der Waals surface area contributed by atoms with Gasteiger partial charge < -0.3 is 19.4 Å². The van der Waals surface area contributed by atoms with Gasteiger partial charge in [-0.2, -0.15) is 5.10 Å². The molecule has 204 valence electrons. The molecule has 0 fully saturated rings. The Morgan fingerprint density at radius 3 is 2.66 bits per heavy atom. The number of H-pyrrole nitrogens is 2. The Labute approximate surface area is 244 Å². The number of rotatable bonds is 4. The average Bonchev–Trinajstić information content (AvgIpc) is 3.69. The number of imidazole rings is 1. The van der Waals surface area contributed by atoms with E-state index in [1.54, 1.807) is 12.3 Å².